The molecule has 0 aliphatic heterocycles. The van der Waals surface area contributed by atoms with E-state index >= 15 is 0 Å². The Hall–Kier alpha value is -0.600. The van der Waals surface area contributed by atoms with E-state index in [4.69, 9.17) is 0 Å². The second-order valence-corrected chi connectivity index (χ2v) is 5.91. The highest BCUT2D eigenvalue weighted by atomic mass is 79.9. The third-order valence-corrected chi connectivity index (χ3v) is 4.72. The molecule has 1 nitrogen and oxygen atoms in total. The molecule has 1 unspecified atom stereocenters. The van der Waals surface area contributed by atoms with E-state index in [9.17, 15) is 0 Å². The van der Waals surface area contributed by atoms with Crippen molar-refractivity contribution in [2.24, 2.45) is 0 Å². The lowest BCUT2D eigenvalue weighted by Crippen LogP contribution is -2.19. The van der Waals surface area contributed by atoms with Crippen molar-refractivity contribution in [1.82, 2.24) is 5.32 Å². The third kappa shape index (κ3) is 3.04. The largest absolute Gasteiger partial charge is 0.310 e. The highest BCUT2D eigenvalue weighted by Crippen LogP contribution is 2.32. The Kier molecular flexibility index (Phi) is 5.02. The van der Waals surface area contributed by atoms with E-state index in [1.54, 1.807) is 5.57 Å². The number of allylic oxidation sites excluding steroid dienone is 1. The van der Waals surface area contributed by atoms with Gasteiger partial charge in [-0.25, -0.2) is 0 Å². The number of benzene rings is 1. The van der Waals surface area contributed by atoms with Crippen molar-refractivity contribution >= 4 is 15.9 Å². The van der Waals surface area contributed by atoms with Crippen molar-refractivity contribution in [2.45, 2.75) is 45.1 Å². The van der Waals surface area contributed by atoms with Crippen molar-refractivity contribution < 1.29 is 0 Å². The molecule has 0 aromatic heterocycles. The molecule has 1 atom stereocenters. The van der Waals surface area contributed by atoms with Gasteiger partial charge in [-0.05, 0) is 56.8 Å². The molecule has 0 saturated heterocycles. The second-order valence-electron chi connectivity index (χ2n) is 5.05. The molecule has 1 N–H and O–H groups in total. The van der Waals surface area contributed by atoms with Crippen molar-refractivity contribution in [3.8, 4) is 0 Å². The molecule has 1 aromatic rings. The zero-order chi connectivity index (χ0) is 13.0. The fourth-order valence-electron chi connectivity index (χ4n) is 2.78. The van der Waals surface area contributed by atoms with Gasteiger partial charge in [0.2, 0.25) is 0 Å². The Bertz CT molecular complexity index is 437. The van der Waals surface area contributed by atoms with Crippen LogP contribution in [0.5, 0.6) is 0 Å². The number of likely N-dealkylation sites (N-methyl/N-ethyl adjacent to an activating group) is 1. The minimum absolute atomic E-state index is 0.376. The first-order valence-electron chi connectivity index (χ1n) is 6.85. The topological polar surface area (TPSA) is 12.0 Å². The third-order valence-electron chi connectivity index (χ3n) is 3.86. The molecule has 98 valence electrons. The Balaban J connectivity index is 2.32. The maximum absolute atomic E-state index is 3.64. The van der Waals surface area contributed by atoms with Crippen LogP contribution < -0.4 is 5.32 Å². The van der Waals surface area contributed by atoms with Crippen LogP contribution in [0.15, 0.2) is 34.3 Å². The molecular formula is C16H22BrN. The molecule has 0 saturated carbocycles. The molecule has 0 radical (unpaired) electrons. The summed E-state index contributed by atoms with van der Waals surface area (Å²) in [6.07, 6.45) is 8.97. The van der Waals surface area contributed by atoms with Crippen LogP contribution in [-0.4, -0.2) is 7.05 Å². The van der Waals surface area contributed by atoms with Gasteiger partial charge in [0.1, 0.15) is 0 Å². The standard InChI is InChI=1S/C16H22BrN/c1-12-14(10-7-11-15(12)17)16(18-2)13-8-5-3-4-6-9-13/h7-8,10-11,16,18H,3-6,9H2,1-2H3. The van der Waals surface area contributed by atoms with Gasteiger partial charge in [-0.3, -0.25) is 0 Å². The van der Waals surface area contributed by atoms with E-state index in [-0.39, 0.29) is 0 Å². The second kappa shape index (κ2) is 6.53. The SMILES string of the molecule is CNC(C1=CCCCCC1)c1cccc(Br)c1C. The number of rotatable bonds is 3. The molecule has 1 aliphatic carbocycles. The smallest absolute Gasteiger partial charge is 0.0536 e. The van der Waals surface area contributed by atoms with Crippen LogP contribution in [0.25, 0.3) is 0 Å². The summed E-state index contributed by atoms with van der Waals surface area (Å²) in [5, 5.41) is 3.49. The zero-order valence-corrected chi connectivity index (χ0v) is 12.9. The van der Waals surface area contributed by atoms with E-state index in [0.717, 1.165) is 0 Å². The first-order chi connectivity index (χ1) is 8.74. The summed E-state index contributed by atoms with van der Waals surface area (Å²) in [5.74, 6) is 0. The lowest BCUT2D eigenvalue weighted by molar-refractivity contribution is 0.626. The van der Waals surface area contributed by atoms with Gasteiger partial charge in [0, 0.05) is 4.47 Å². The number of hydrogen-bond acceptors (Lipinski definition) is 1. The van der Waals surface area contributed by atoms with Gasteiger partial charge in [0.15, 0.2) is 0 Å². The van der Waals surface area contributed by atoms with Crippen molar-refractivity contribution in [2.75, 3.05) is 7.05 Å². The molecular weight excluding hydrogens is 286 g/mol. The Labute approximate surface area is 119 Å². The summed E-state index contributed by atoms with van der Waals surface area (Å²) in [5.41, 5.74) is 4.32. The Morgan fingerprint density at radius 3 is 2.83 bits per heavy atom. The summed E-state index contributed by atoms with van der Waals surface area (Å²) in [7, 11) is 2.07. The lowest BCUT2D eigenvalue weighted by Gasteiger charge is -2.22. The zero-order valence-electron chi connectivity index (χ0n) is 11.3. The first kappa shape index (κ1) is 13.8. The molecule has 0 spiro atoms. The lowest BCUT2D eigenvalue weighted by atomic mass is 9.92. The molecule has 2 rings (SSSR count). The Morgan fingerprint density at radius 1 is 1.22 bits per heavy atom. The normalized spacial score (nSPS) is 18.1. The summed E-state index contributed by atoms with van der Waals surface area (Å²) in [6, 6.07) is 6.87. The molecule has 18 heavy (non-hydrogen) atoms. The van der Waals surface area contributed by atoms with E-state index in [1.165, 1.54) is 47.7 Å². The van der Waals surface area contributed by atoms with Gasteiger partial charge in [-0.1, -0.05) is 46.1 Å². The van der Waals surface area contributed by atoms with Gasteiger partial charge in [0.05, 0.1) is 6.04 Å². The van der Waals surface area contributed by atoms with Crippen molar-refractivity contribution in [3.05, 3.63) is 45.4 Å². The first-order valence-corrected chi connectivity index (χ1v) is 7.64. The van der Waals surface area contributed by atoms with E-state index < -0.39 is 0 Å². The monoisotopic (exact) mass is 307 g/mol. The molecule has 0 heterocycles. The quantitative estimate of drug-likeness (QED) is 0.782. The van der Waals surface area contributed by atoms with Crippen molar-refractivity contribution in [3.63, 3.8) is 0 Å². The average Bonchev–Trinajstić information content (AvgIpc) is 2.64. The summed E-state index contributed by atoms with van der Waals surface area (Å²) < 4.78 is 1.20. The number of halogens is 1. The molecule has 1 aliphatic rings. The van der Waals surface area contributed by atoms with Crippen LogP contribution in [0.3, 0.4) is 0 Å². The molecule has 2 heteroatoms. The van der Waals surface area contributed by atoms with E-state index in [1.807, 2.05) is 0 Å². The maximum atomic E-state index is 3.64. The van der Waals surface area contributed by atoms with Crippen LogP contribution in [-0.2, 0) is 0 Å². The van der Waals surface area contributed by atoms with Crippen LogP contribution in [0.2, 0.25) is 0 Å². The molecule has 1 aromatic carbocycles. The van der Waals surface area contributed by atoms with Gasteiger partial charge in [0.25, 0.3) is 0 Å². The van der Waals surface area contributed by atoms with Gasteiger partial charge in [-0.2, -0.15) is 0 Å². The fourth-order valence-corrected chi connectivity index (χ4v) is 3.16. The molecule has 0 fully saturated rings. The summed E-state index contributed by atoms with van der Waals surface area (Å²) in [4.78, 5) is 0. The molecule has 0 amide bonds. The van der Waals surface area contributed by atoms with Crippen LogP contribution >= 0.6 is 15.9 Å². The van der Waals surface area contributed by atoms with Crippen LogP contribution in [0, 0.1) is 6.92 Å². The van der Waals surface area contributed by atoms with Crippen molar-refractivity contribution in [1.29, 1.82) is 0 Å². The van der Waals surface area contributed by atoms with Gasteiger partial charge < -0.3 is 5.32 Å². The fraction of sp³-hybridized carbons (Fsp3) is 0.500. The van der Waals surface area contributed by atoms with E-state index in [0.29, 0.717) is 6.04 Å². The van der Waals surface area contributed by atoms with Gasteiger partial charge in [-0.15, -0.1) is 0 Å². The average molecular weight is 308 g/mol. The minimum Gasteiger partial charge on any atom is -0.310 e. The predicted molar refractivity (Wildman–Crippen MR) is 81.8 cm³/mol. The van der Waals surface area contributed by atoms with Gasteiger partial charge >= 0.3 is 0 Å². The summed E-state index contributed by atoms with van der Waals surface area (Å²) >= 11 is 3.64. The predicted octanol–water partition coefficient (Wildman–Crippen LogP) is 4.91. The minimum atomic E-state index is 0.376. The highest BCUT2D eigenvalue weighted by molar-refractivity contribution is 9.10. The van der Waals surface area contributed by atoms with E-state index in [2.05, 4.69) is 59.5 Å². The van der Waals surface area contributed by atoms with Crippen LogP contribution in [0.4, 0.5) is 0 Å². The Morgan fingerprint density at radius 2 is 2.06 bits per heavy atom. The summed E-state index contributed by atoms with van der Waals surface area (Å²) in [6.45, 7) is 2.20. The molecule has 0 bridgehead atoms. The number of nitrogens with one attached hydrogen (secondary N) is 1. The maximum Gasteiger partial charge on any atom is 0.0536 e. The highest BCUT2D eigenvalue weighted by Gasteiger charge is 2.18. The number of hydrogen-bond donors (Lipinski definition) is 1. The van der Waals surface area contributed by atoms with Crippen LogP contribution in [0.1, 0.15) is 49.3 Å².